The van der Waals surface area contributed by atoms with Gasteiger partial charge in [0.05, 0.1) is 0 Å². The van der Waals surface area contributed by atoms with E-state index in [-0.39, 0.29) is 28.1 Å². The Labute approximate surface area is 164 Å². The molecule has 3 fully saturated rings. The van der Waals surface area contributed by atoms with Gasteiger partial charge in [-0.05, 0) is 74.2 Å². The van der Waals surface area contributed by atoms with E-state index in [1.165, 1.54) is 25.7 Å². The van der Waals surface area contributed by atoms with E-state index in [1.54, 1.807) is 6.08 Å². The van der Waals surface area contributed by atoms with Gasteiger partial charge in [-0.1, -0.05) is 40.7 Å². The highest BCUT2D eigenvalue weighted by Crippen LogP contribution is 2.65. The molecule has 1 aliphatic heterocycles. The molecular weight excluding hydrogens is 334 g/mol. The van der Waals surface area contributed by atoms with Crippen LogP contribution in [0.25, 0.3) is 0 Å². The number of ketones is 1. The van der Waals surface area contributed by atoms with Gasteiger partial charge in [-0.3, -0.25) is 9.59 Å². The van der Waals surface area contributed by atoms with Crippen molar-refractivity contribution in [1.29, 1.82) is 0 Å². The van der Waals surface area contributed by atoms with Crippen molar-refractivity contribution in [2.45, 2.75) is 85.6 Å². The Hall–Kier alpha value is -1.12. The maximum absolute atomic E-state index is 13.4. The maximum Gasteiger partial charge on any atom is 0.243 e. The van der Waals surface area contributed by atoms with Crippen molar-refractivity contribution in [2.24, 2.45) is 39.9 Å². The predicted octanol–water partition coefficient (Wildman–Crippen LogP) is 4.91. The number of carbonyl (C=O) groups excluding carboxylic acids is 2. The first kappa shape index (κ1) is 19.2. The number of Topliss-reactive ketones (excluding diaryl/α,β-unsaturated/α-hetero) is 1. The van der Waals surface area contributed by atoms with Gasteiger partial charge in [0.15, 0.2) is 0 Å². The van der Waals surface area contributed by atoms with Gasteiger partial charge < -0.3 is 5.32 Å². The van der Waals surface area contributed by atoms with Crippen molar-refractivity contribution in [3.05, 3.63) is 12.2 Å². The third kappa shape index (κ3) is 2.67. The summed E-state index contributed by atoms with van der Waals surface area (Å²) in [4.78, 5) is 25.2. The second-order valence-electron chi connectivity index (χ2n) is 11.0. The highest BCUT2D eigenvalue weighted by molar-refractivity contribution is 5.89. The fraction of sp³-hybridized carbons (Fsp3) is 0.833. The van der Waals surface area contributed by atoms with Crippen molar-refractivity contribution >= 4 is 11.7 Å². The lowest BCUT2D eigenvalue weighted by atomic mass is 9.47. The fourth-order valence-corrected chi connectivity index (χ4v) is 7.41. The minimum atomic E-state index is -0.195. The van der Waals surface area contributed by atoms with Crippen LogP contribution in [-0.2, 0) is 9.59 Å². The molecule has 4 aliphatic rings. The first-order chi connectivity index (χ1) is 12.6. The molecular formula is C24H37NO2. The van der Waals surface area contributed by atoms with E-state index in [9.17, 15) is 9.59 Å². The highest BCUT2D eigenvalue weighted by atomic mass is 16.1. The molecule has 2 unspecified atom stereocenters. The van der Waals surface area contributed by atoms with Crippen LogP contribution in [0.4, 0.5) is 0 Å². The van der Waals surface area contributed by atoms with Gasteiger partial charge in [0.1, 0.15) is 5.78 Å². The van der Waals surface area contributed by atoms with Gasteiger partial charge in [-0.2, -0.15) is 0 Å². The van der Waals surface area contributed by atoms with Crippen LogP contribution >= 0.6 is 0 Å². The van der Waals surface area contributed by atoms with Gasteiger partial charge in [-0.15, -0.1) is 0 Å². The van der Waals surface area contributed by atoms with Gasteiger partial charge in [0.2, 0.25) is 5.91 Å². The van der Waals surface area contributed by atoms with Crippen molar-refractivity contribution in [3.8, 4) is 0 Å². The van der Waals surface area contributed by atoms with Crippen LogP contribution in [0.2, 0.25) is 0 Å². The van der Waals surface area contributed by atoms with E-state index in [2.05, 4.69) is 46.0 Å². The van der Waals surface area contributed by atoms with Gasteiger partial charge in [-0.25, -0.2) is 0 Å². The van der Waals surface area contributed by atoms with Crippen molar-refractivity contribution in [3.63, 3.8) is 0 Å². The fourth-order valence-electron chi connectivity index (χ4n) is 7.41. The highest BCUT2D eigenvalue weighted by Gasteiger charge is 2.61. The van der Waals surface area contributed by atoms with Crippen molar-refractivity contribution in [2.75, 3.05) is 0 Å². The topological polar surface area (TPSA) is 46.2 Å². The van der Waals surface area contributed by atoms with Crippen LogP contribution in [0.1, 0.15) is 79.6 Å². The Balaban J connectivity index is 1.62. The number of carbonyl (C=O) groups is 2. The number of fused-ring (bicyclic) bond motifs is 5. The normalized spacial score (nSPS) is 46.3. The molecule has 0 aromatic heterocycles. The van der Waals surface area contributed by atoms with E-state index in [4.69, 9.17) is 0 Å². The first-order valence-corrected chi connectivity index (χ1v) is 11.2. The zero-order valence-electron chi connectivity index (χ0n) is 17.8. The standard InChI is InChI=1S/C24H37NO2/c1-6-22(2,3)21(27)18-9-8-16-15-7-10-19-24(5,14-12-20(26)25-19)17(15)11-13-23(16,18)4/h12,14-19H,6-11,13H2,1-5H3,(H,25,26)/t15-,16-,17+,18?,19?,23-,24+/m0/s1. The number of rotatable bonds is 3. The third-order valence-electron chi connectivity index (χ3n) is 9.55. The molecule has 3 heteroatoms. The summed E-state index contributed by atoms with van der Waals surface area (Å²) in [5.41, 5.74) is 0.0674. The predicted molar refractivity (Wildman–Crippen MR) is 108 cm³/mol. The van der Waals surface area contributed by atoms with Gasteiger partial charge in [0, 0.05) is 22.8 Å². The molecule has 0 radical (unpaired) electrons. The smallest absolute Gasteiger partial charge is 0.243 e. The summed E-state index contributed by atoms with van der Waals surface area (Å²) in [6.45, 7) is 11.2. The zero-order chi connectivity index (χ0) is 19.6. The molecule has 27 heavy (non-hydrogen) atoms. The second-order valence-corrected chi connectivity index (χ2v) is 11.0. The summed E-state index contributed by atoms with van der Waals surface area (Å²) >= 11 is 0. The molecule has 0 saturated heterocycles. The summed E-state index contributed by atoms with van der Waals surface area (Å²) in [5, 5.41) is 3.24. The Morgan fingerprint density at radius 3 is 2.59 bits per heavy atom. The molecule has 7 atom stereocenters. The zero-order valence-corrected chi connectivity index (χ0v) is 17.8. The molecule has 150 valence electrons. The van der Waals surface area contributed by atoms with Crippen molar-refractivity contribution in [1.82, 2.24) is 5.32 Å². The number of hydrogen-bond acceptors (Lipinski definition) is 2. The van der Waals surface area contributed by atoms with E-state index in [1.807, 2.05) is 0 Å². The Bertz CT molecular complexity index is 680. The average Bonchev–Trinajstić information content (AvgIpc) is 2.98. The molecule has 3 aliphatic carbocycles. The first-order valence-electron chi connectivity index (χ1n) is 11.2. The van der Waals surface area contributed by atoms with Crippen LogP contribution in [-0.4, -0.2) is 17.7 Å². The minimum absolute atomic E-state index is 0.0740. The molecule has 1 heterocycles. The Morgan fingerprint density at radius 1 is 1.15 bits per heavy atom. The largest absolute Gasteiger partial charge is 0.349 e. The third-order valence-corrected chi connectivity index (χ3v) is 9.55. The molecule has 0 aromatic rings. The van der Waals surface area contributed by atoms with Crippen LogP contribution in [0.5, 0.6) is 0 Å². The molecule has 0 bridgehead atoms. The lowest BCUT2D eigenvalue weighted by molar-refractivity contribution is -0.140. The van der Waals surface area contributed by atoms with E-state index in [0.29, 0.717) is 29.6 Å². The van der Waals surface area contributed by atoms with Crippen LogP contribution in [0.3, 0.4) is 0 Å². The lowest BCUT2D eigenvalue weighted by Crippen LogP contribution is -2.59. The van der Waals surface area contributed by atoms with E-state index < -0.39 is 0 Å². The van der Waals surface area contributed by atoms with Crippen LogP contribution in [0, 0.1) is 39.9 Å². The number of hydrogen-bond donors (Lipinski definition) is 1. The molecule has 0 spiro atoms. The van der Waals surface area contributed by atoms with Gasteiger partial charge in [0.25, 0.3) is 0 Å². The monoisotopic (exact) mass is 371 g/mol. The average molecular weight is 372 g/mol. The second kappa shape index (κ2) is 6.19. The molecule has 4 rings (SSSR count). The van der Waals surface area contributed by atoms with Crippen LogP contribution < -0.4 is 5.32 Å². The minimum Gasteiger partial charge on any atom is -0.349 e. The van der Waals surface area contributed by atoms with Crippen molar-refractivity contribution < 1.29 is 9.59 Å². The summed E-state index contributed by atoms with van der Waals surface area (Å²) in [6, 6.07) is 0.290. The maximum atomic E-state index is 13.4. The summed E-state index contributed by atoms with van der Waals surface area (Å²) in [6.07, 6.45) is 11.9. The molecule has 1 amide bonds. The molecule has 3 nitrogen and oxygen atoms in total. The summed E-state index contributed by atoms with van der Waals surface area (Å²) < 4.78 is 0. The number of nitrogens with one attached hydrogen (secondary N) is 1. The van der Waals surface area contributed by atoms with Gasteiger partial charge >= 0.3 is 0 Å². The summed E-state index contributed by atoms with van der Waals surface area (Å²) in [7, 11) is 0. The quantitative estimate of drug-likeness (QED) is 0.766. The van der Waals surface area contributed by atoms with E-state index >= 15 is 0 Å². The summed E-state index contributed by atoms with van der Waals surface area (Å²) in [5.74, 6) is 2.83. The van der Waals surface area contributed by atoms with E-state index in [0.717, 1.165) is 19.3 Å². The molecule has 3 saturated carbocycles. The Morgan fingerprint density at radius 2 is 1.89 bits per heavy atom. The SMILES string of the molecule is CCC(C)(C)C(=O)C1CC[C@H]2[C@@H]3CCC4NC(=O)C=C[C@]4(C)[C@@H]3CC[C@]12C. The van der Waals surface area contributed by atoms with Crippen LogP contribution in [0.15, 0.2) is 12.2 Å². The molecule has 0 aromatic carbocycles. The number of amides is 1. The molecule has 1 N–H and O–H groups in total. The lowest BCUT2D eigenvalue weighted by Gasteiger charge is -2.59. The Kier molecular flexibility index (Phi) is 4.40.